The number of rotatable bonds is 3. The van der Waals surface area contributed by atoms with Crippen molar-refractivity contribution in [1.82, 2.24) is 4.90 Å². The van der Waals surface area contributed by atoms with Crippen LogP contribution in [-0.2, 0) is 0 Å². The standard InChI is InChI=1S/C15H21ClN2O2/c1-18(13-5-3-2-4-10(13)9-17)15(20)12-8-11(16)6-7-14(12)19/h6-8,10,13,19H,2-5,9,17H2,1H3. The van der Waals surface area contributed by atoms with Crippen molar-refractivity contribution in [3.8, 4) is 5.75 Å². The molecule has 2 unspecified atom stereocenters. The Bertz CT molecular complexity index is 493. The van der Waals surface area contributed by atoms with Gasteiger partial charge in [0, 0.05) is 18.1 Å². The van der Waals surface area contributed by atoms with E-state index >= 15 is 0 Å². The number of hydrogen-bond acceptors (Lipinski definition) is 3. The van der Waals surface area contributed by atoms with Gasteiger partial charge in [-0.2, -0.15) is 0 Å². The maximum atomic E-state index is 12.5. The van der Waals surface area contributed by atoms with E-state index in [1.807, 2.05) is 0 Å². The van der Waals surface area contributed by atoms with Crippen LogP contribution in [0.1, 0.15) is 36.0 Å². The normalized spacial score (nSPS) is 22.6. The molecule has 1 aliphatic rings. The number of phenols is 1. The number of phenolic OH excluding ortho intramolecular Hbond substituents is 1. The molecule has 1 aromatic carbocycles. The molecule has 0 heterocycles. The third-order valence-electron chi connectivity index (χ3n) is 4.18. The third-order valence-corrected chi connectivity index (χ3v) is 4.41. The van der Waals surface area contributed by atoms with Crippen molar-refractivity contribution in [3.63, 3.8) is 0 Å². The first-order chi connectivity index (χ1) is 9.54. The summed E-state index contributed by atoms with van der Waals surface area (Å²) in [5.41, 5.74) is 6.07. The highest BCUT2D eigenvalue weighted by molar-refractivity contribution is 6.31. The molecular formula is C15H21ClN2O2. The molecule has 1 amide bonds. The predicted molar refractivity (Wildman–Crippen MR) is 80.0 cm³/mol. The van der Waals surface area contributed by atoms with E-state index < -0.39 is 0 Å². The van der Waals surface area contributed by atoms with Crippen LogP contribution >= 0.6 is 11.6 Å². The zero-order chi connectivity index (χ0) is 14.7. The lowest BCUT2D eigenvalue weighted by Crippen LogP contribution is -2.45. The number of carbonyl (C=O) groups excluding carboxylic acids is 1. The van der Waals surface area contributed by atoms with Gasteiger partial charge in [-0.15, -0.1) is 0 Å². The highest BCUT2D eigenvalue weighted by Gasteiger charge is 2.31. The summed E-state index contributed by atoms with van der Waals surface area (Å²) in [5.74, 6) is 0.0979. The summed E-state index contributed by atoms with van der Waals surface area (Å²) in [6.07, 6.45) is 4.30. The van der Waals surface area contributed by atoms with Gasteiger partial charge >= 0.3 is 0 Å². The minimum atomic E-state index is -0.199. The van der Waals surface area contributed by atoms with Crippen LogP contribution in [0.2, 0.25) is 5.02 Å². The van der Waals surface area contributed by atoms with Gasteiger partial charge in [0.15, 0.2) is 0 Å². The van der Waals surface area contributed by atoms with Crippen LogP contribution in [0.25, 0.3) is 0 Å². The van der Waals surface area contributed by atoms with Crippen LogP contribution in [0.4, 0.5) is 0 Å². The monoisotopic (exact) mass is 296 g/mol. The Balaban J connectivity index is 2.21. The van der Waals surface area contributed by atoms with Gasteiger partial charge in [0.05, 0.1) is 5.56 Å². The largest absolute Gasteiger partial charge is 0.507 e. The fourth-order valence-electron chi connectivity index (χ4n) is 2.99. The smallest absolute Gasteiger partial charge is 0.257 e. The second kappa shape index (κ2) is 6.46. The maximum Gasteiger partial charge on any atom is 0.257 e. The molecule has 2 rings (SSSR count). The minimum Gasteiger partial charge on any atom is -0.507 e. The molecule has 1 fully saturated rings. The maximum absolute atomic E-state index is 12.5. The minimum absolute atomic E-state index is 0.0358. The van der Waals surface area contributed by atoms with E-state index in [9.17, 15) is 9.90 Å². The molecule has 0 saturated heterocycles. The Hall–Kier alpha value is -1.26. The molecule has 0 radical (unpaired) electrons. The number of hydrogen-bond donors (Lipinski definition) is 2. The van der Waals surface area contributed by atoms with Crippen LogP contribution in [0.3, 0.4) is 0 Å². The van der Waals surface area contributed by atoms with Crippen LogP contribution in [0.5, 0.6) is 5.75 Å². The average Bonchev–Trinajstić information content (AvgIpc) is 2.48. The van der Waals surface area contributed by atoms with Gasteiger partial charge in [-0.25, -0.2) is 0 Å². The molecule has 0 bridgehead atoms. The molecule has 4 nitrogen and oxygen atoms in total. The Morgan fingerprint density at radius 3 is 2.85 bits per heavy atom. The van der Waals surface area contributed by atoms with Crippen LogP contribution in [0, 0.1) is 5.92 Å². The zero-order valence-corrected chi connectivity index (χ0v) is 12.4. The van der Waals surface area contributed by atoms with Crippen LogP contribution < -0.4 is 5.73 Å². The molecule has 0 spiro atoms. The highest BCUT2D eigenvalue weighted by atomic mass is 35.5. The van der Waals surface area contributed by atoms with E-state index in [0.717, 1.165) is 19.3 Å². The summed E-state index contributed by atoms with van der Waals surface area (Å²) >= 11 is 5.91. The molecule has 20 heavy (non-hydrogen) atoms. The number of halogens is 1. The molecule has 1 aromatic rings. The number of nitrogens with zero attached hydrogens (tertiary/aromatic N) is 1. The lowest BCUT2D eigenvalue weighted by Gasteiger charge is -2.37. The van der Waals surface area contributed by atoms with E-state index in [1.165, 1.54) is 18.6 Å². The third kappa shape index (κ3) is 3.07. The SMILES string of the molecule is CN(C(=O)c1cc(Cl)ccc1O)C1CCCCC1CN. The molecule has 1 aliphatic carbocycles. The van der Waals surface area contributed by atoms with E-state index in [4.69, 9.17) is 17.3 Å². The second-order valence-electron chi connectivity index (χ2n) is 5.43. The van der Waals surface area contributed by atoms with Crippen molar-refractivity contribution in [2.75, 3.05) is 13.6 Å². The summed E-state index contributed by atoms with van der Waals surface area (Å²) in [6, 6.07) is 4.66. The summed E-state index contributed by atoms with van der Waals surface area (Å²) in [7, 11) is 1.78. The second-order valence-corrected chi connectivity index (χ2v) is 5.86. The van der Waals surface area contributed by atoms with Crippen molar-refractivity contribution in [2.24, 2.45) is 11.7 Å². The van der Waals surface area contributed by atoms with Gasteiger partial charge in [0.25, 0.3) is 5.91 Å². The zero-order valence-electron chi connectivity index (χ0n) is 11.7. The molecule has 0 aliphatic heterocycles. The van der Waals surface area contributed by atoms with Gasteiger partial charge in [0.2, 0.25) is 0 Å². The Morgan fingerprint density at radius 1 is 1.45 bits per heavy atom. The van der Waals surface area contributed by atoms with Gasteiger partial charge in [-0.05, 0) is 43.5 Å². The Labute approximate surface area is 124 Å². The first kappa shape index (κ1) is 15.1. The van der Waals surface area contributed by atoms with E-state index in [1.54, 1.807) is 18.0 Å². The van der Waals surface area contributed by atoms with Crippen molar-refractivity contribution < 1.29 is 9.90 Å². The topological polar surface area (TPSA) is 66.6 Å². The molecule has 3 N–H and O–H groups in total. The molecule has 110 valence electrons. The van der Waals surface area contributed by atoms with Gasteiger partial charge in [-0.1, -0.05) is 24.4 Å². The number of amides is 1. The molecular weight excluding hydrogens is 276 g/mol. The quantitative estimate of drug-likeness (QED) is 0.901. The fraction of sp³-hybridized carbons (Fsp3) is 0.533. The van der Waals surface area contributed by atoms with Crippen LogP contribution in [-0.4, -0.2) is 35.5 Å². The van der Waals surface area contributed by atoms with E-state index in [0.29, 0.717) is 17.5 Å². The average molecular weight is 297 g/mol. The summed E-state index contributed by atoms with van der Waals surface area (Å²) in [6.45, 7) is 0.587. The van der Waals surface area contributed by atoms with Crippen molar-refractivity contribution in [3.05, 3.63) is 28.8 Å². The van der Waals surface area contributed by atoms with Crippen molar-refractivity contribution in [1.29, 1.82) is 0 Å². The van der Waals surface area contributed by atoms with E-state index in [2.05, 4.69) is 0 Å². The number of benzene rings is 1. The fourth-order valence-corrected chi connectivity index (χ4v) is 3.17. The first-order valence-electron chi connectivity index (χ1n) is 7.00. The molecule has 2 atom stereocenters. The molecule has 5 heteroatoms. The van der Waals surface area contributed by atoms with Crippen molar-refractivity contribution >= 4 is 17.5 Å². The van der Waals surface area contributed by atoms with Gasteiger partial charge < -0.3 is 15.7 Å². The molecule has 1 saturated carbocycles. The lowest BCUT2D eigenvalue weighted by atomic mass is 9.83. The molecule has 0 aromatic heterocycles. The number of carbonyl (C=O) groups is 1. The Kier molecular flexibility index (Phi) is 4.89. The Morgan fingerprint density at radius 2 is 2.15 bits per heavy atom. The van der Waals surface area contributed by atoms with Crippen LogP contribution in [0.15, 0.2) is 18.2 Å². The summed E-state index contributed by atoms with van der Waals surface area (Å²) in [4.78, 5) is 14.3. The summed E-state index contributed by atoms with van der Waals surface area (Å²) < 4.78 is 0. The van der Waals surface area contributed by atoms with E-state index in [-0.39, 0.29) is 23.3 Å². The number of nitrogens with two attached hydrogens (primary N) is 1. The summed E-state index contributed by atoms with van der Waals surface area (Å²) in [5, 5.41) is 10.3. The van der Waals surface area contributed by atoms with Gasteiger partial charge in [0.1, 0.15) is 5.75 Å². The highest BCUT2D eigenvalue weighted by Crippen LogP contribution is 2.30. The lowest BCUT2D eigenvalue weighted by molar-refractivity contribution is 0.0617. The predicted octanol–water partition coefficient (Wildman–Crippen LogP) is 2.64. The van der Waals surface area contributed by atoms with Gasteiger partial charge in [-0.3, -0.25) is 4.79 Å². The van der Waals surface area contributed by atoms with Crippen molar-refractivity contribution in [2.45, 2.75) is 31.7 Å². The first-order valence-corrected chi connectivity index (χ1v) is 7.38. The number of aromatic hydroxyl groups is 1.